The maximum absolute atomic E-state index is 5.49. The molecule has 3 rings (SSSR count). The Balaban J connectivity index is 1.66. The van der Waals surface area contributed by atoms with Crippen molar-refractivity contribution in [3.63, 3.8) is 0 Å². The topological polar surface area (TPSA) is 105 Å². The van der Waals surface area contributed by atoms with Crippen molar-refractivity contribution in [2.45, 2.75) is 25.9 Å². The Kier molecular flexibility index (Phi) is 5.89. The van der Waals surface area contributed by atoms with Crippen molar-refractivity contribution in [2.24, 2.45) is 0 Å². The Labute approximate surface area is 148 Å². The lowest BCUT2D eigenvalue weighted by Gasteiger charge is -2.04. The molecule has 0 aliphatic rings. The Morgan fingerprint density at radius 1 is 1.00 bits per heavy atom. The van der Waals surface area contributed by atoms with Gasteiger partial charge in [-0.2, -0.15) is 9.61 Å². The number of hydrogen-bond donors (Lipinski definition) is 0. The number of rotatable bonds is 9. The molecular formula is C14H20N8O2S. The van der Waals surface area contributed by atoms with Crippen LogP contribution in [0.3, 0.4) is 0 Å². The van der Waals surface area contributed by atoms with E-state index in [2.05, 4.69) is 30.6 Å². The first-order valence-corrected chi connectivity index (χ1v) is 8.95. The molecule has 0 unspecified atom stereocenters. The zero-order chi connectivity index (χ0) is 17.6. The normalized spacial score (nSPS) is 11.5. The minimum Gasteiger partial charge on any atom is -0.379 e. The number of fused-ring (bicyclic) bond motifs is 1. The van der Waals surface area contributed by atoms with Crippen molar-refractivity contribution in [1.29, 1.82) is 0 Å². The van der Waals surface area contributed by atoms with Crippen LogP contribution in [0.1, 0.15) is 18.3 Å². The van der Waals surface area contributed by atoms with E-state index in [1.807, 2.05) is 26.8 Å². The average Bonchev–Trinajstić information content (AvgIpc) is 3.16. The predicted molar refractivity (Wildman–Crippen MR) is 91.0 cm³/mol. The van der Waals surface area contributed by atoms with E-state index >= 15 is 0 Å². The molecule has 0 atom stereocenters. The Morgan fingerprint density at radius 2 is 1.80 bits per heavy atom. The molecule has 0 amide bonds. The molecule has 0 bridgehead atoms. The van der Waals surface area contributed by atoms with E-state index < -0.39 is 0 Å². The summed E-state index contributed by atoms with van der Waals surface area (Å²) in [5.41, 5.74) is 1.83. The highest BCUT2D eigenvalue weighted by molar-refractivity contribution is 7.99. The van der Waals surface area contributed by atoms with E-state index in [4.69, 9.17) is 9.47 Å². The maximum Gasteiger partial charge on any atom is 0.291 e. The molecule has 134 valence electrons. The summed E-state index contributed by atoms with van der Waals surface area (Å²) in [5.74, 6) is 1.46. The fourth-order valence-corrected chi connectivity index (χ4v) is 2.90. The number of hydrogen-bond acceptors (Lipinski definition) is 9. The molecule has 0 fully saturated rings. The molecule has 0 saturated carbocycles. The third kappa shape index (κ3) is 4.30. The maximum atomic E-state index is 5.49. The molecule has 0 aliphatic carbocycles. The second-order valence-corrected chi connectivity index (χ2v) is 6.25. The summed E-state index contributed by atoms with van der Waals surface area (Å²) >= 11 is 1.50. The van der Waals surface area contributed by atoms with Gasteiger partial charge in [0.2, 0.25) is 5.16 Å². The van der Waals surface area contributed by atoms with E-state index in [0.717, 1.165) is 17.1 Å². The molecule has 0 radical (unpaired) electrons. The lowest BCUT2D eigenvalue weighted by atomic mass is 10.4. The zero-order valence-corrected chi connectivity index (χ0v) is 15.2. The SMILES string of the molecule is CCOCCOCCSc1nnc2nnc(-n3nc(C)cc3C)nn12. The van der Waals surface area contributed by atoms with Gasteiger partial charge in [0.15, 0.2) is 0 Å². The third-order valence-electron chi connectivity index (χ3n) is 3.25. The van der Waals surface area contributed by atoms with Gasteiger partial charge in [-0.05, 0) is 26.8 Å². The molecule has 25 heavy (non-hydrogen) atoms. The first-order chi connectivity index (χ1) is 12.2. The van der Waals surface area contributed by atoms with E-state index in [1.165, 1.54) is 11.8 Å². The highest BCUT2D eigenvalue weighted by Crippen LogP contribution is 2.15. The molecule has 3 aromatic heterocycles. The molecule has 3 aromatic rings. The van der Waals surface area contributed by atoms with Gasteiger partial charge in [-0.25, -0.2) is 4.68 Å². The van der Waals surface area contributed by atoms with Crippen LogP contribution in [0.25, 0.3) is 11.7 Å². The van der Waals surface area contributed by atoms with Crippen LogP contribution >= 0.6 is 11.8 Å². The largest absolute Gasteiger partial charge is 0.379 e. The molecular weight excluding hydrogens is 344 g/mol. The van der Waals surface area contributed by atoms with Crippen LogP contribution < -0.4 is 0 Å². The average molecular weight is 364 g/mol. The van der Waals surface area contributed by atoms with Crippen LogP contribution in [0.2, 0.25) is 0 Å². The Morgan fingerprint density at radius 3 is 2.56 bits per heavy atom. The molecule has 3 heterocycles. The molecule has 0 aliphatic heterocycles. The summed E-state index contributed by atoms with van der Waals surface area (Å²) in [6.07, 6.45) is 0. The van der Waals surface area contributed by atoms with Crippen LogP contribution in [-0.2, 0) is 9.47 Å². The van der Waals surface area contributed by atoms with Gasteiger partial charge < -0.3 is 9.47 Å². The molecule has 0 N–H and O–H groups in total. The first-order valence-electron chi connectivity index (χ1n) is 7.97. The first kappa shape index (κ1) is 17.7. The number of aromatic nitrogens is 8. The van der Waals surface area contributed by atoms with Crippen LogP contribution in [0.15, 0.2) is 11.2 Å². The van der Waals surface area contributed by atoms with Gasteiger partial charge in [0, 0.05) is 18.1 Å². The number of nitrogens with zero attached hydrogens (tertiary/aromatic N) is 8. The lowest BCUT2D eigenvalue weighted by molar-refractivity contribution is 0.0594. The van der Waals surface area contributed by atoms with Gasteiger partial charge in [-0.1, -0.05) is 11.8 Å². The zero-order valence-electron chi connectivity index (χ0n) is 14.4. The minimum absolute atomic E-state index is 0.352. The minimum atomic E-state index is 0.352. The van der Waals surface area contributed by atoms with Gasteiger partial charge in [-0.15, -0.1) is 25.5 Å². The molecule has 0 aromatic carbocycles. The van der Waals surface area contributed by atoms with Gasteiger partial charge in [0.1, 0.15) is 0 Å². The summed E-state index contributed by atoms with van der Waals surface area (Å²) in [6, 6.07) is 1.95. The fraction of sp³-hybridized carbons (Fsp3) is 0.571. The Hall–Kier alpha value is -2.11. The number of thioether (sulfide) groups is 1. The summed E-state index contributed by atoms with van der Waals surface area (Å²) in [7, 11) is 0. The molecule has 0 saturated heterocycles. The summed E-state index contributed by atoms with van der Waals surface area (Å²) in [5, 5.41) is 25.7. The summed E-state index contributed by atoms with van der Waals surface area (Å²) < 4.78 is 13.9. The lowest BCUT2D eigenvalue weighted by Crippen LogP contribution is -2.11. The Bertz CT molecular complexity index is 833. The van der Waals surface area contributed by atoms with Crippen LogP contribution in [0.4, 0.5) is 0 Å². The van der Waals surface area contributed by atoms with Gasteiger partial charge >= 0.3 is 0 Å². The number of ether oxygens (including phenoxy) is 2. The fourth-order valence-electron chi connectivity index (χ4n) is 2.17. The van der Waals surface area contributed by atoms with E-state index in [1.54, 1.807) is 9.20 Å². The summed E-state index contributed by atoms with van der Waals surface area (Å²) in [4.78, 5) is 0. The van der Waals surface area contributed by atoms with Gasteiger partial charge in [-0.3, -0.25) is 0 Å². The quantitative estimate of drug-likeness (QED) is 0.404. The van der Waals surface area contributed by atoms with Crippen molar-refractivity contribution in [3.05, 3.63) is 17.5 Å². The van der Waals surface area contributed by atoms with Crippen LogP contribution in [-0.4, -0.2) is 72.0 Å². The van der Waals surface area contributed by atoms with Crippen molar-refractivity contribution < 1.29 is 9.47 Å². The van der Waals surface area contributed by atoms with Crippen molar-refractivity contribution >= 4 is 17.5 Å². The highest BCUT2D eigenvalue weighted by Gasteiger charge is 2.13. The van der Waals surface area contributed by atoms with Crippen molar-refractivity contribution in [3.8, 4) is 5.95 Å². The van der Waals surface area contributed by atoms with Crippen LogP contribution in [0, 0.1) is 13.8 Å². The van der Waals surface area contributed by atoms with E-state index in [0.29, 0.717) is 43.3 Å². The van der Waals surface area contributed by atoms with Crippen LogP contribution in [0.5, 0.6) is 0 Å². The molecule has 11 heteroatoms. The predicted octanol–water partition coefficient (Wildman–Crippen LogP) is 0.862. The monoisotopic (exact) mass is 364 g/mol. The van der Waals surface area contributed by atoms with Crippen molar-refractivity contribution in [2.75, 3.05) is 32.2 Å². The second-order valence-electron chi connectivity index (χ2n) is 5.19. The van der Waals surface area contributed by atoms with Crippen molar-refractivity contribution in [1.82, 2.24) is 39.8 Å². The summed E-state index contributed by atoms with van der Waals surface area (Å²) in [6.45, 7) is 8.31. The smallest absolute Gasteiger partial charge is 0.291 e. The third-order valence-corrected chi connectivity index (χ3v) is 4.13. The van der Waals surface area contributed by atoms with Gasteiger partial charge in [0.05, 0.1) is 25.5 Å². The van der Waals surface area contributed by atoms with Gasteiger partial charge in [0.25, 0.3) is 11.7 Å². The van der Waals surface area contributed by atoms with E-state index in [9.17, 15) is 0 Å². The standard InChI is InChI=1S/C14H20N8O2S/c1-4-23-5-6-24-7-8-25-14-18-16-12-15-17-13(20-22(12)14)21-11(3)9-10(2)19-21/h9H,4-8H2,1-3H3. The number of aryl methyl sites for hydroxylation is 2. The second kappa shape index (κ2) is 8.32. The highest BCUT2D eigenvalue weighted by atomic mass is 32.2. The molecule has 0 spiro atoms. The molecule has 10 nitrogen and oxygen atoms in total. The van der Waals surface area contributed by atoms with E-state index in [-0.39, 0.29) is 0 Å².